The van der Waals surface area contributed by atoms with Crippen LogP contribution < -0.4 is 4.90 Å². The van der Waals surface area contributed by atoms with Gasteiger partial charge >= 0.3 is 0 Å². The molecule has 0 bridgehead atoms. The largest absolute Gasteiger partial charge is 0.371 e. The number of hydrogen-bond acceptors (Lipinski definition) is 1. The molecule has 0 unspecified atom stereocenters. The fourth-order valence-corrected chi connectivity index (χ4v) is 2.18. The molecule has 0 saturated carbocycles. The van der Waals surface area contributed by atoms with Crippen molar-refractivity contribution in [3.05, 3.63) is 28.5 Å². The molecule has 1 fully saturated rings. The van der Waals surface area contributed by atoms with Crippen LogP contribution in [0.5, 0.6) is 0 Å². The lowest BCUT2D eigenvalue weighted by Crippen LogP contribution is -2.18. The molecular weight excluding hydrogens is 233 g/mol. The molecule has 1 aromatic carbocycles. The van der Waals surface area contributed by atoms with E-state index in [0.717, 1.165) is 23.2 Å². The molecular formula is C10H11BrFN. The second-order valence-electron chi connectivity index (χ2n) is 3.29. The zero-order valence-electron chi connectivity index (χ0n) is 7.26. The highest BCUT2D eigenvalue weighted by molar-refractivity contribution is 9.10. The number of nitrogens with zero attached hydrogens (tertiary/aromatic N) is 1. The molecule has 1 aliphatic heterocycles. The maximum Gasteiger partial charge on any atom is 0.125 e. The summed E-state index contributed by atoms with van der Waals surface area (Å²) < 4.78 is 13.9. The summed E-state index contributed by atoms with van der Waals surface area (Å²) in [6.45, 7) is 2.09. The summed E-state index contributed by atoms with van der Waals surface area (Å²) >= 11 is 3.43. The first kappa shape index (κ1) is 9.00. The fourth-order valence-electron chi connectivity index (χ4n) is 1.69. The third-order valence-electron chi connectivity index (χ3n) is 2.35. The maximum absolute atomic E-state index is 13.0. The molecule has 0 spiro atoms. The number of anilines is 1. The highest BCUT2D eigenvalue weighted by atomic mass is 79.9. The van der Waals surface area contributed by atoms with Gasteiger partial charge in [0.05, 0.1) is 5.69 Å². The summed E-state index contributed by atoms with van der Waals surface area (Å²) in [4.78, 5) is 2.22. The van der Waals surface area contributed by atoms with Crippen molar-refractivity contribution in [1.82, 2.24) is 0 Å². The summed E-state index contributed by atoms with van der Waals surface area (Å²) in [6.07, 6.45) is 2.42. The SMILES string of the molecule is Fc1ccc(Br)c(N2CCCC2)c1. The molecule has 0 aliphatic carbocycles. The average molecular weight is 244 g/mol. The van der Waals surface area contributed by atoms with Gasteiger partial charge in [0.15, 0.2) is 0 Å². The zero-order valence-corrected chi connectivity index (χ0v) is 8.85. The first-order valence-corrected chi connectivity index (χ1v) is 5.27. The third kappa shape index (κ3) is 1.85. The van der Waals surface area contributed by atoms with Gasteiger partial charge in [0, 0.05) is 17.6 Å². The Labute approximate surface area is 85.7 Å². The van der Waals surface area contributed by atoms with E-state index in [-0.39, 0.29) is 5.82 Å². The number of benzene rings is 1. The molecule has 13 heavy (non-hydrogen) atoms. The van der Waals surface area contributed by atoms with Gasteiger partial charge < -0.3 is 4.90 Å². The van der Waals surface area contributed by atoms with Crippen molar-refractivity contribution in [2.24, 2.45) is 0 Å². The highest BCUT2D eigenvalue weighted by Crippen LogP contribution is 2.29. The van der Waals surface area contributed by atoms with Crippen LogP contribution in [-0.2, 0) is 0 Å². The van der Waals surface area contributed by atoms with Crippen LogP contribution in [0.15, 0.2) is 22.7 Å². The summed E-state index contributed by atoms with van der Waals surface area (Å²) in [7, 11) is 0. The van der Waals surface area contributed by atoms with Crippen molar-refractivity contribution in [1.29, 1.82) is 0 Å². The number of hydrogen-bond donors (Lipinski definition) is 0. The van der Waals surface area contributed by atoms with Gasteiger partial charge in [-0.2, -0.15) is 0 Å². The first-order chi connectivity index (χ1) is 6.27. The van der Waals surface area contributed by atoms with Crippen molar-refractivity contribution >= 4 is 21.6 Å². The second-order valence-corrected chi connectivity index (χ2v) is 4.14. The van der Waals surface area contributed by atoms with Crippen LogP contribution in [0.25, 0.3) is 0 Å². The molecule has 1 heterocycles. The Balaban J connectivity index is 2.32. The first-order valence-electron chi connectivity index (χ1n) is 4.47. The Morgan fingerprint density at radius 1 is 1.23 bits per heavy atom. The van der Waals surface area contributed by atoms with Gasteiger partial charge in [-0.25, -0.2) is 4.39 Å². The quantitative estimate of drug-likeness (QED) is 0.733. The van der Waals surface area contributed by atoms with E-state index < -0.39 is 0 Å². The fraction of sp³-hybridized carbons (Fsp3) is 0.400. The van der Waals surface area contributed by atoms with Gasteiger partial charge in [0.25, 0.3) is 0 Å². The Kier molecular flexibility index (Phi) is 2.54. The van der Waals surface area contributed by atoms with Crippen molar-refractivity contribution in [3.8, 4) is 0 Å². The minimum atomic E-state index is -0.162. The molecule has 1 aromatic rings. The highest BCUT2D eigenvalue weighted by Gasteiger charge is 2.15. The summed E-state index contributed by atoms with van der Waals surface area (Å²) in [5.74, 6) is -0.162. The molecule has 0 amide bonds. The van der Waals surface area contributed by atoms with Crippen molar-refractivity contribution in [3.63, 3.8) is 0 Å². The van der Waals surface area contributed by atoms with E-state index in [0.29, 0.717) is 0 Å². The predicted molar refractivity (Wildman–Crippen MR) is 55.5 cm³/mol. The van der Waals surface area contributed by atoms with Gasteiger partial charge in [-0.15, -0.1) is 0 Å². The van der Waals surface area contributed by atoms with Crippen molar-refractivity contribution in [2.75, 3.05) is 18.0 Å². The average Bonchev–Trinajstić information content (AvgIpc) is 2.61. The maximum atomic E-state index is 13.0. The van der Waals surface area contributed by atoms with Crippen LogP contribution in [0.3, 0.4) is 0 Å². The second kappa shape index (κ2) is 3.66. The van der Waals surface area contributed by atoms with Gasteiger partial charge in [0.2, 0.25) is 0 Å². The van der Waals surface area contributed by atoms with Crippen LogP contribution in [0.2, 0.25) is 0 Å². The lowest BCUT2D eigenvalue weighted by molar-refractivity contribution is 0.627. The van der Waals surface area contributed by atoms with E-state index in [1.54, 1.807) is 12.1 Å². The molecule has 3 heteroatoms. The molecule has 1 saturated heterocycles. The molecule has 2 rings (SSSR count). The minimum absolute atomic E-state index is 0.162. The van der Waals surface area contributed by atoms with Crippen LogP contribution in [0.1, 0.15) is 12.8 Å². The molecule has 0 N–H and O–H groups in total. The normalized spacial score (nSPS) is 16.6. The molecule has 1 aliphatic rings. The minimum Gasteiger partial charge on any atom is -0.371 e. The van der Waals surface area contributed by atoms with Crippen LogP contribution in [0.4, 0.5) is 10.1 Å². The van der Waals surface area contributed by atoms with Crippen molar-refractivity contribution < 1.29 is 4.39 Å². The monoisotopic (exact) mass is 243 g/mol. The Bertz CT molecular complexity index is 308. The topological polar surface area (TPSA) is 3.24 Å². The molecule has 0 atom stereocenters. The van der Waals surface area contributed by atoms with E-state index in [1.807, 2.05) is 0 Å². The summed E-state index contributed by atoms with van der Waals surface area (Å²) in [5, 5.41) is 0. The van der Waals surface area contributed by atoms with Gasteiger partial charge in [0.1, 0.15) is 5.82 Å². The van der Waals surface area contributed by atoms with Crippen LogP contribution in [0, 0.1) is 5.82 Å². The van der Waals surface area contributed by atoms with E-state index in [9.17, 15) is 4.39 Å². The van der Waals surface area contributed by atoms with Gasteiger partial charge in [-0.1, -0.05) is 0 Å². The molecule has 1 nitrogen and oxygen atoms in total. The van der Waals surface area contributed by atoms with E-state index in [1.165, 1.54) is 18.9 Å². The molecule has 0 radical (unpaired) electrons. The van der Waals surface area contributed by atoms with Crippen LogP contribution in [-0.4, -0.2) is 13.1 Å². The van der Waals surface area contributed by atoms with Gasteiger partial charge in [-0.05, 0) is 47.0 Å². The van der Waals surface area contributed by atoms with E-state index in [4.69, 9.17) is 0 Å². The number of rotatable bonds is 1. The lowest BCUT2D eigenvalue weighted by atomic mass is 10.3. The Morgan fingerprint density at radius 3 is 2.62 bits per heavy atom. The number of halogens is 2. The molecule has 70 valence electrons. The lowest BCUT2D eigenvalue weighted by Gasteiger charge is -2.18. The van der Waals surface area contributed by atoms with Gasteiger partial charge in [-0.3, -0.25) is 0 Å². The van der Waals surface area contributed by atoms with Crippen LogP contribution >= 0.6 is 15.9 Å². The van der Waals surface area contributed by atoms with Crippen molar-refractivity contribution in [2.45, 2.75) is 12.8 Å². The standard InChI is InChI=1S/C10H11BrFN/c11-9-4-3-8(12)7-10(9)13-5-1-2-6-13/h3-4,7H,1-2,5-6H2. The predicted octanol–water partition coefficient (Wildman–Crippen LogP) is 3.19. The van der Waals surface area contributed by atoms with E-state index in [2.05, 4.69) is 20.8 Å². The molecule has 0 aromatic heterocycles. The Hall–Kier alpha value is -0.570. The Morgan fingerprint density at radius 2 is 1.92 bits per heavy atom. The summed E-state index contributed by atoms with van der Waals surface area (Å²) in [5.41, 5.74) is 0.984. The summed E-state index contributed by atoms with van der Waals surface area (Å²) in [6, 6.07) is 4.84. The third-order valence-corrected chi connectivity index (χ3v) is 3.03. The van der Waals surface area contributed by atoms with E-state index >= 15 is 0 Å². The smallest absolute Gasteiger partial charge is 0.125 e. The zero-order chi connectivity index (χ0) is 9.26.